The molecule has 0 aliphatic carbocycles. The number of piperidine rings is 1. The second-order valence-corrected chi connectivity index (χ2v) is 6.53. The molecule has 0 radical (unpaired) electrons. The molecule has 1 rings (SSSR count). The average molecular weight is 286 g/mol. The number of rotatable bonds is 5. The van der Waals surface area contributed by atoms with E-state index in [1.807, 2.05) is 13.8 Å². The van der Waals surface area contributed by atoms with E-state index in [9.17, 15) is 14.7 Å². The molecule has 1 aliphatic heterocycles. The molecular formula is C14H26N2O4. The number of hydrogen-bond donors (Lipinski definition) is 3. The lowest BCUT2D eigenvalue weighted by Gasteiger charge is -2.39. The highest BCUT2D eigenvalue weighted by Gasteiger charge is 2.35. The summed E-state index contributed by atoms with van der Waals surface area (Å²) in [6, 6.07) is 0. The van der Waals surface area contributed by atoms with Crippen LogP contribution in [0.2, 0.25) is 0 Å². The largest absolute Gasteiger partial charge is 0.481 e. The van der Waals surface area contributed by atoms with Gasteiger partial charge in [-0.15, -0.1) is 0 Å². The summed E-state index contributed by atoms with van der Waals surface area (Å²) >= 11 is 0. The van der Waals surface area contributed by atoms with Crippen molar-refractivity contribution in [2.75, 3.05) is 19.6 Å². The van der Waals surface area contributed by atoms with Crippen molar-refractivity contribution in [1.29, 1.82) is 0 Å². The van der Waals surface area contributed by atoms with Crippen LogP contribution in [0.15, 0.2) is 0 Å². The van der Waals surface area contributed by atoms with Gasteiger partial charge >= 0.3 is 5.97 Å². The Morgan fingerprint density at radius 1 is 1.20 bits per heavy atom. The topological polar surface area (TPSA) is 89.9 Å². The first kappa shape index (κ1) is 16.9. The number of aliphatic carboxylic acids is 1. The molecule has 0 aromatic rings. The predicted molar refractivity (Wildman–Crippen MR) is 75.3 cm³/mol. The van der Waals surface area contributed by atoms with E-state index in [0.29, 0.717) is 25.9 Å². The summed E-state index contributed by atoms with van der Waals surface area (Å²) in [6.07, 6.45) is 1.02. The van der Waals surface area contributed by atoms with Gasteiger partial charge in [-0.3, -0.25) is 9.59 Å². The second-order valence-electron chi connectivity index (χ2n) is 6.53. The number of carbonyl (C=O) groups is 2. The van der Waals surface area contributed by atoms with E-state index in [2.05, 4.69) is 5.32 Å². The van der Waals surface area contributed by atoms with Crippen molar-refractivity contribution in [3.05, 3.63) is 0 Å². The third-order valence-corrected chi connectivity index (χ3v) is 4.41. The van der Waals surface area contributed by atoms with Crippen molar-refractivity contribution in [3.63, 3.8) is 0 Å². The first-order valence-corrected chi connectivity index (χ1v) is 7.02. The van der Waals surface area contributed by atoms with Gasteiger partial charge in [0.2, 0.25) is 5.91 Å². The fourth-order valence-corrected chi connectivity index (χ4v) is 2.00. The molecule has 1 fully saturated rings. The molecule has 0 atom stereocenters. The summed E-state index contributed by atoms with van der Waals surface area (Å²) in [5.41, 5.74) is -1.52. The Morgan fingerprint density at radius 2 is 1.70 bits per heavy atom. The molecule has 0 unspecified atom stereocenters. The van der Waals surface area contributed by atoms with Crippen molar-refractivity contribution in [3.8, 4) is 0 Å². The van der Waals surface area contributed by atoms with Crippen LogP contribution in [0.1, 0.15) is 40.5 Å². The molecule has 0 bridgehead atoms. The summed E-state index contributed by atoms with van der Waals surface area (Å²) in [5, 5.41) is 22.0. The van der Waals surface area contributed by atoms with Gasteiger partial charge in [0.25, 0.3) is 0 Å². The second kappa shape index (κ2) is 6.10. The van der Waals surface area contributed by atoms with Gasteiger partial charge in [-0.1, -0.05) is 0 Å². The van der Waals surface area contributed by atoms with Gasteiger partial charge in [0.05, 0.1) is 18.1 Å². The van der Waals surface area contributed by atoms with Crippen LogP contribution in [0.5, 0.6) is 0 Å². The molecular weight excluding hydrogens is 260 g/mol. The zero-order chi connectivity index (χ0) is 15.6. The van der Waals surface area contributed by atoms with Crippen LogP contribution in [-0.2, 0) is 9.59 Å². The molecule has 6 heteroatoms. The van der Waals surface area contributed by atoms with E-state index >= 15 is 0 Å². The first-order valence-electron chi connectivity index (χ1n) is 7.02. The highest BCUT2D eigenvalue weighted by Crippen LogP contribution is 2.21. The van der Waals surface area contributed by atoms with E-state index in [-0.39, 0.29) is 18.4 Å². The van der Waals surface area contributed by atoms with Crippen molar-refractivity contribution in [2.24, 2.45) is 5.92 Å². The molecule has 116 valence electrons. The van der Waals surface area contributed by atoms with Gasteiger partial charge in [0.15, 0.2) is 0 Å². The minimum Gasteiger partial charge on any atom is -0.481 e. The molecule has 20 heavy (non-hydrogen) atoms. The lowest BCUT2D eigenvalue weighted by Crippen LogP contribution is -2.58. The Morgan fingerprint density at radius 3 is 2.10 bits per heavy atom. The zero-order valence-corrected chi connectivity index (χ0v) is 12.8. The van der Waals surface area contributed by atoms with Gasteiger partial charge in [0.1, 0.15) is 0 Å². The lowest BCUT2D eigenvalue weighted by atomic mass is 9.86. The van der Waals surface area contributed by atoms with Crippen molar-refractivity contribution in [1.82, 2.24) is 10.2 Å². The summed E-state index contributed by atoms with van der Waals surface area (Å²) in [5.74, 6) is -1.16. The van der Waals surface area contributed by atoms with Gasteiger partial charge in [0, 0.05) is 18.6 Å². The summed E-state index contributed by atoms with van der Waals surface area (Å²) in [4.78, 5) is 24.6. The summed E-state index contributed by atoms with van der Waals surface area (Å²) < 4.78 is 0. The number of amides is 1. The fourth-order valence-electron chi connectivity index (χ4n) is 2.00. The third-order valence-electron chi connectivity index (χ3n) is 4.41. The SMILES string of the molecule is CC(C)(O)C(C)(C)NCC(=O)N1CCC(C(=O)O)CC1. The van der Waals surface area contributed by atoms with E-state index in [1.165, 1.54) is 0 Å². The van der Waals surface area contributed by atoms with Crippen LogP contribution in [0.4, 0.5) is 0 Å². The normalized spacial score (nSPS) is 18.1. The van der Waals surface area contributed by atoms with Crippen LogP contribution in [0.3, 0.4) is 0 Å². The van der Waals surface area contributed by atoms with Gasteiger partial charge in [-0.25, -0.2) is 0 Å². The maximum atomic E-state index is 12.1. The van der Waals surface area contributed by atoms with Crippen molar-refractivity contribution < 1.29 is 19.8 Å². The molecule has 1 heterocycles. The number of carboxylic acid groups (broad SMARTS) is 1. The molecule has 0 saturated carbocycles. The highest BCUT2D eigenvalue weighted by molar-refractivity contribution is 5.79. The van der Waals surface area contributed by atoms with Gasteiger partial charge < -0.3 is 20.4 Å². The van der Waals surface area contributed by atoms with E-state index in [1.54, 1.807) is 18.7 Å². The Balaban J connectivity index is 2.44. The third kappa shape index (κ3) is 4.18. The average Bonchev–Trinajstić information content (AvgIpc) is 2.34. The van der Waals surface area contributed by atoms with E-state index in [0.717, 1.165) is 0 Å². The van der Waals surface area contributed by atoms with Crippen molar-refractivity contribution in [2.45, 2.75) is 51.7 Å². The minimum absolute atomic E-state index is 0.0498. The number of carbonyl (C=O) groups excluding carboxylic acids is 1. The summed E-state index contributed by atoms with van der Waals surface area (Å²) in [7, 11) is 0. The Hall–Kier alpha value is -1.14. The number of nitrogens with zero attached hydrogens (tertiary/aromatic N) is 1. The van der Waals surface area contributed by atoms with Crippen molar-refractivity contribution >= 4 is 11.9 Å². The van der Waals surface area contributed by atoms with Gasteiger partial charge in [-0.2, -0.15) is 0 Å². The van der Waals surface area contributed by atoms with Crippen LogP contribution in [0, 0.1) is 5.92 Å². The Bertz CT molecular complexity index is 366. The standard InChI is InChI=1S/C14H26N2O4/c1-13(2,14(3,4)20)15-9-11(17)16-7-5-10(6-8-16)12(18)19/h10,15,20H,5-9H2,1-4H3,(H,18,19). The molecule has 3 N–H and O–H groups in total. The van der Waals surface area contributed by atoms with Gasteiger partial charge in [-0.05, 0) is 40.5 Å². The number of hydrogen-bond acceptors (Lipinski definition) is 4. The van der Waals surface area contributed by atoms with Crippen LogP contribution >= 0.6 is 0 Å². The van der Waals surface area contributed by atoms with Crippen LogP contribution in [-0.4, -0.2) is 57.8 Å². The zero-order valence-electron chi connectivity index (χ0n) is 12.8. The molecule has 1 saturated heterocycles. The molecule has 0 aromatic carbocycles. The van der Waals surface area contributed by atoms with E-state index in [4.69, 9.17) is 5.11 Å². The number of likely N-dealkylation sites (tertiary alicyclic amines) is 1. The quantitative estimate of drug-likeness (QED) is 0.682. The summed E-state index contributed by atoms with van der Waals surface area (Å²) in [6.45, 7) is 8.20. The molecule has 1 amide bonds. The molecule has 0 spiro atoms. The predicted octanol–water partition coefficient (Wildman–Crippen LogP) is 0.449. The highest BCUT2D eigenvalue weighted by atomic mass is 16.4. The maximum Gasteiger partial charge on any atom is 0.306 e. The minimum atomic E-state index is -0.941. The molecule has 1 aliphatic rings. The first-order chi connectivity index (χ1) is 9.04. The number of carboxylic acids is 1. The van der Waals surface area contributed by atoms with Crippen LogP contribution in [0.25, 0.3) is 0 Å². The smallest absolute Gasteiger partial charge is 0.306 e. The Kier molecular flexibility index (Phi) is 5.15. The molecule has 0 aromatic heterocycles. The fraction of sp³-hybridized carbons (Fsp3) is 0.857. The maximum absolute atomic E-state index is 12.1. The van der Waals surface area contributed by atoms with Crippen LogP contribution < -0.4 is 5.32 Å². The monoisotopic (exact) mass is 286 g/mol. The van der Waals surface area contributed by atoms with E-state index < -0.39 is 17.1 Å². The lowest BCUT2D eigenvalue weighted by molar-refractivity contribution is -0.145. The molecule has 6 nitrogen and oxygen atoms in total. The number of aliphatic hydroxyl groups is 1. The number of nitrogens with one attached hydrogen (secondary N) is 1. The Labute approximate surface area is 120 Å².